The molecule has 1 saturated heterocycles. The Morgan fingerprint density at radius 1 is 0.783 bits per heavy atom. The zero-order chi connectivity index (χ0) is 31.9. The van der Waals surface area contributed by atoms with Gasteiger partial charge >= 0.3 is 0 Å². The zero-order valence-electron chi connectivity index (χ0n) is 28.3. The van der Waals surface area contributed by atoms with Gasteiger partial charge in [-0.3, -0.25) is 4.98 Å². The number of aromatic nitrogens is 2. The van der Waals surface area contributed by atoms with Gasteiger partial charge in [0.25, 0.3) is 0 Å². The summed E-state index contributed by atoms with van der Waals surface area (Å²) >= 11 is 0. The maximum Gasteiger partial charge on any atom is 0.116 e. The van der Waals surface area contributed by atoms with Crippen molar-refractivity contribution >= 4 is 27.6 Å². The van der Waals surface area contributed by atoms with Gasteiger partial charge in [-0.25, -0.2) is 0 Å². The molecule has 241 valence electrons. The van der Waals surface area contributed by atoms with E-state index in [0.717, 1.165) is 34.8 Å². The number of para-hydroxylation sites is 2. The van der Waals surface area contributed by atoms with Crippen LogP contribution in [0.15, 0.2) is 95.7 Å². The summed E-state index contributed by atoms with van der Waals surface area (Å²) in [6, 6.07) is 33.8. The Bertz CT molecular complexity index is 1900. The zero-order valence-corrected chi connectivity index (χ0v) is 30.7. The standard InChI is InChI=1S/C21H23N2.C20H22NO.Ir/c1-15(2)18-11-8-12-19(16(3)4)20(18)23-14-13-22-21(23)17-9-6-5-7-10-17;1-19(2)12-20(3,4)21(13-19)16-10-7-9-15-14-8-5-6-11-17(14)22-18(15)16;/h5-9,11-16H,1-4H3;5-9,11H,12-13H2,1-4H3;/q2*-1;. The number of rotatable bonds is 5. The first kappa shape index (κ1) is 33.7. The number of imidazole rings is 1. The number of hydrogen-bond acceptors (Lipinski definition) is 3. The summed E-state index contributed by atoms with van der Waals surface area (Å²) in [7, 11) is 0. The Balaban J connectivity index is 0.000000177. The average molecular weight is 788 g/mol. The Kier molecular flexibility index (Phi) is 9.68. The largest absolute Gasteiger partial charge is 0.514 e. The van der Waals surface area contributed by atoms with Crippen LogP contribution in [0.5, 0.6) is 0 Å². The van der Waals surface area contributed by atoms with E-state index >= 15 is 0 Å². The number of nitrogens with zero attached hydrogens (tertiary/aromatic N) is 3. The van der Waals surface area contributed by atoms with Gasteiger partial charge in [-0.2, -0.15) is 18.2 Å². The van der Waals surface area contributed by atoms with Gasteiger partial charge in [-0.05, 0) is 60.4 Å². The van der Waals surface area contributed by atoms with Crippen molar-refractivity contribution in [3.05, 3.63) is 115 Å². The Morgan fingerprint density at radius 3 is 2.11 bits per heavy atom. The summed E-state index contributed by atoms with van der Waals surface area (Å²) in [6.07, 6.45) is 5.10. The van der Waals surface area contributed by atoms with Gasteiger partial charge < -0.3 is 13.9 Å². The predicted octanol–water partition coefficient (Wildman–Crippen LogP) is 11.0. The second-order valence-electron chi connectivity index (χ2n) is 14.4. The third kappa shape index (κ3) is 6.46. The molecule has 0 atom stereocenters. The third-order valence-corrected chi connectivity index (χ3v) is 8.99. The molecule has 0 aliphatic carbocycles. The van der Waals surface area contributed by atoms with Crippen molar-refractivity contribution in [3.63, 3.8) is 0 Å². The number of anilines is 1. The molecule has 0 amide bonds. The molecule has 0 saturated carbocycles. The van der Waals surface area contributed by atoms with E-state index in [1.807, 2.05) is 42.6 Å². The third-order valence-electron chi connectivity index (χ3n) is 8.99. The molecule has 1 radical (unpaired) electrons. The maximum absolute atomic E-state index is 6.18. The molecule has 2 aromatic heterocycles. The molecule has 0 spiro atoms. The van der Waals surface area contributed by atoms with Crippen LogP contribution in [0.4, 0.5) is 5.69 Å². The minimum atomic E-state index is 0. The second kappa shape index (κ2) is 13.2. The number of benzene rings is 4. The molecule has 46 heavy (non-hydrogen) atoms. The van der Waals surface area contributed by atoms with E-state index in [4.69, 9.17) is 4.42 Å². The molecule has 1 fully saturated rings. The van der Waals surface area contributed by atoms with Crippen LogP contribution in [-0.4, -0.2) is 21.6 Å². The predicted molar refractivity (Wildman–Crippen MR) is 188 cm³/mol. The van der Waals surface area contributed by atoms with Crippen LogP contribution < -0.4 is 4.90 Å². The molecule has 6 aromatic rings. The fraction of sp³-hybridized carbons (Fsp3) is 0.341. The van der Waals surface area contributed by atoms with Crippen molar-refractivity contribution in [2.24, 2.45) is 5.41 Å². The summed E-state index contributed by atoms with van der Waals surface area (Å²) in [6.45, 7) is 19.3. The summed E-state index contributed by atoms with van der Waals surface area (Å²) in [4.78, 5) is 7.07. The van der Waals surface area contributed by atoms with E-state index in [0.29, 0.717) is 17.3 Å². The van der Waals surface area contributed by atoms with E-state index < -0.39 is 0 Å². The van der Waals surface area contributed by atoms with Crippen LogP contribution in [0.25, 0.3) is 39.0 Å². The van der Waals surface area contributed by atoms with Crippen LogP contribution in [0, 0.1) is 17.5 Å². The van der Waals surface area contributed by atoms with Crippen molar-refractivity contribution < 1.29 is 24.5 Å². The molecule has 3 heterocycles. The van der Waals surface area contributed by atoms with Crippen LogP contribution in [0.1, 0.15) is 84.8 Å². The normalized spacial score (nSPS) is 15.3. The number of fused-ring (bicyclic) bond motifs is 3. The summed E-state index contributed by atoms with van der Waals surface area (Å²) < 4.78 is 8.40. The topological polar surface area (TPSA) is 34.2 Å². The van der Waals surface area contributed by atoms with Crippen molar-refractivity contribution in [2.75, 3.05) is 11.4 Å². The minimum Gasteiger partial charge on any atom is -0.514 e. The van der Waals surface area contributed by atoms with E-state index in [-0.39, 0.29) is 25.6 Å². The van der Waals surface area contributed by atoms with Crippen LogP contribution in [0.3, 0.4) is 0 Å². The monoisotopic (exact) mass is 788 g/mol. The first-order chi connectivity index (χ1) is 21.5. The molecular weight excluding hydrogens is 743 g/mol. The van der Waals surface area contributed by atoms with Gasteiger partial charge in [0.05, 0.1) is 5.82 Å². The summed E-state index contributed by atoms with van der Waals surface area (Å²) in [5.41, 5.74) is 8.44. The molecule has 0 N–H and O–H groups in total. The molecule has 4 nitrogen and oxygen atoms in total. The number of furan rings is 1. The second-order valence-corrected chi connectivity index (χ2v) is 14.4. The van der Waals surface area contributed by atoms with Gasteiger partial charge in [-0.1, -0.05) is 83.3 Å². The summed E-state index contributed by atoms with van der Waals surface area (Å²) in [5, 5.41) is 2.37. The van der Waals surface area contributed by atoms with Crippen molar-refractivity contribution in [1.82, 2.24) is 9.55 Å². The minimum absolute atomic E-state index is 0. The van der Waals surface area contributed by atoms with E-state index in [2.05, 4.69) is 131 Å². The Morgan fingerprint density at radius 2 is 1.48 bits per heavy atom. The smallest absolute Gasteiger partial charge is 0.116 e. The van der Waals surface area contributed by atoms with Crippen LogP contribution in [-0.2, 0) is 20.1 Å². The Hall–Kier alpha value is -3.66. The van der Waals surface area contributed by atoms with Gasteiger partial charge in [0.15, 0.2) is 0 Å². The molecule has 0 unspecified atom stereocenters. The summed E-state index contributed by atoms with van der Waals surface area (Å²) in [5.74, 6) is 1.86. The SMILES string of the molecule is CC(C)c1cccc(C(C)C)c1-n1ccnc1-c1[c-]cccc1.CC1(C)CN(c2[c-]ccc3c2oc2ccccc23)C(C)(C)C1.[Ir]. The molecule has 1 aliphatic heterocycles. The van der Waals surface area contributed by atoms with E-state index in [9.17, 15) is 0 Å². The van der Waals surface area contributed by atoms with Gasteiger partial charge in [0, 0.05) is 61.2 Å². The van der Waals surface area contributed by atoms with E-state index in [1.54, 1.807) is 0 Å². The van der Waals surface area contributed by atoms with Crippen molar-refractivity contribution in [2.45, 2.75) is 79.2 Å². The van der Waals surface area contributed by atoms with Gasteiger partial charge in [0.2, 0.25) is 0 Å². The first-order valence-electron chi connectivity index (χ1n) is 16.2. The van der Waals surface area contributed by atoms with E-state index in [1.165, 1.54) is 34.0 Å². The fourth-order valence-corrected chi connectivity index (χ4v) is 7.23. The van der Waals surface area contributed by atoms with Crippen LogP contribution >= 0.6 is 0 Å². The Labute approximate surface area is 288 Å². The number of hydrogen-bond donors (Lipinski definition) is 0. The maximum atomic E-state index is 6.18. The molecule has 7 rings (SSSR count). The molecule has 0 bridgehead atoms. The fourth-order valence-electron chi connectivity index (χ4n) is 7.23. The molecule has 5 heteroatoms. The molecular formula is C41H45IrN3O-2. The van der Waals surface area contributed by atoms with Crippen molar-refractivity contribution in [1.29, 1.82) is 0 Å². The van der Waals surface area contributed by atoms with Crippen LogP contribution in [0.2, 0.25) is 0 Å². The van der Waals surface area contributed by atoms with Gasteiger partial charge in [0.1, 0.15) is 5.58 Å². The quantitative estimate of drug-likeness (QED) is 0.163. The molecule has 1 aliphatic rings. The van der Waals surface area contributed by atoms with Gasteiger partial charge in [-0.15, -0.1) is 35.9 Å². The van der Waals surface area contributed by atoms with Crippen molar-refractivity contribution in [3.8, 4) is 17.1 Å². The first-order valence-corrected chi connectivity index (χ1v) is 16.2. The average Bonchev–Trinajstić information content (AvgIpc) is 3.70. The molecule has 4 aromatic carbocycles.